The SMILES string of the molecule is NC(=O)Cc1cnc(-c2ccc(NCC3(c4ncccc4F)CCC3)nn2)s1.[C-]#[N+]Cc1cnc(-c2ccc(N(CC3(c4ncccc4F)CCC3)C(=O)OC(C)(C)C)nn2)s1. The summed E-state index contributed by atoms with van der Waals surface area (Å²) in [5.74, 6) is -0.123. The predicted molar refractivity (Wildman–Crippen MR) is 231 cm³/mol. The van der Waals surface area contributed by atoms with Crippen molar-refractivity contribution < 1.29 is 23.1 Å². The number of anilines is 2. The molecule has 0 aliphatic heterocycles. The van der Waals surface area contributed by atoms with Crippen LogP contribution in [-0.4, -0.2) is 71.0 Å². The maximum absolute atomic E-state index is 14.7. The van der Waals surface area contributed by atoms with Crippen molar-refractivity contribution in [1.29, 1.82) is 0 Å². The van der Waals surface area contributed by atoms with Gasteiger partial charge in [-0.2, -0.15) is 0 Å². The van der Waals surface area contributed by atoms with Crippen molar-refractivity contribution in [3.8, 4) is 21.4 Å². The number of amides is 2. The van der Waals surface area contributed by atoms with Gasteiger partial charge in [-0.1, -0.05) is 12.8 Å². The molecular weight excluding hydrogens is 835 g/mol. The Labute approximate surface area is 365 Å². The molecular formula is C43H44F2N12O3S2. The van der Waals surface area contributed by atoms with Gasteiger partial charge < -0.3 is 20.6 Å². The summed E-state index contributed by atoms with van der Waals surface area (Å²) in [7, 11) is 0. The summed E-state index contributed by atoms with van der Waals surface area (Å²) in [4.78, 5) is 47.8. The minimum atomic E-state index is -0.716. The van der Waals surface area contributed by atoms with Crippen LogP contribution in [0.25, 0.3) is 26.2 Å². The Hall–Kier alpha value is -6.39. The van der Waals surface area contributed by atoms with E-state index in [1.165, 1.54) is 39.7 Å². The van der Waals surface area contributed by atoms with Crippen LogP contribution in [0.5, 0.6) is 0 Å². The number of ether oxygens (including phenoxy) is 1. The minimum Gasteiger partial charge on any atom is -0.443 e. The average molecular weight is 879 g/mol. The fraction of sp³-hybridized carbons (Fsp3) is 0.372. The van der Waals surface area contributed by atoms with E-state index in [1.807, 2.05) is 12.1 Å². The largest absolute Gasteiger partial charge is 0.443 e. The minimum absolute atomic E-state index is 0.164. The number of thiazole rings is 2. The van der Waals surface area contributed by atoms with E-state index in [0.29, 0.717) is 63.8 Å². The normalized spacial score (nSPS) is 14.8. The van der Waals surface area contributed by atoms with Crippen LogP contribution in [0, 0.1) is 18.2 Å². The van der Waals surface area contributed by atoms with Crippen molar-refractivity contribution in [1.82, 2.24) is 40.3 Å². The summed E-state index contributed by atoms with van der Waals surface area (Å²) in [5, 5.41) is 21.6. The third-order valence-electron chi connectivity index (χ3n) is 10.5. The molecule has 0 saturated heterocycles. The standard InChI is InChI=1S/C24H25FN6O2S.C19H19FN6OS/c1-23(2,3)33-22(32)31(15-24(10-6-11-24)20-17(25)7-5-12-27-20)19-9-8-18(29-30-19)21-28-14-16(34-21)13-26-4;20-13-3-1-8-22-17(13)19(6-2-7-19)11-24-16-5-4-14(25-26-16)18-23-10-12(28-18)9-15(21)27/h5,7-9,12,14H,6,10-11,13,15H2,1-3H3;1,3-5,8,10H,2,6-7,9,11H2,(H2,21,27)(H,24,26). The molecule has 8 rings (SSSR count). The number of hydrogen-bond acceptors (Lipinski definition) is 14. The second kappa shape index (κ2) is 18.7. The number of nitrogens with one attached hydrogen (secondary N) is 1. The van der Waals surface area contributed by atoms with Crippen molar-refractivity contribution in [2.24, 2.45) is 5.73 Å². The van der Waals surface area contributed by atoms with E-state index in [1.54, 1.807) is 69.8 Å². The number of aromatic nitrogens is 8. The molecule has 0 unspecified atom stereocenters. The summed E-state index contributed by atoms with van der Waals surface area (Å²) in [6.07, 6.45) is 11.2. The van der Waals surface area contributed by atoms with Gasteiger partial charge in [0.15, 0.2) is 5.82 Å². The van der Waals surface area contributed by atoms with E-state index in [2.05, 4.69) is 50.5 Å². The van der Waals surface area contributed by atoms with Crippen molar-refractivity contribution in [2.75, 3.05) is 23.3 Å². The van der Waals surface area contributed by atoms with Gasteiger partial charge in [-0.25, -0.2) is 30.1 Å². The Kier molecular flexibility index (Phi) is 13.2. The quantitative estimate of drug-likeness (QED) is 0.106. The van der Waals surface area contributed by atoms with Gasteiger partial charge in [0.25, 0.3) is 0 Å². The summed E-state index contributed by atoms with van der Waals surface area (Å²) in [5.41, 5.74) is 5.61. The molecule has 0 atom stereocenters. The summed E-state index contributed by atoms with van der Waals surface area (Å²) in [6, 6.07) is 13.1. The lowest BCUT2D eigenvalue weighted by atomic mass is 9.66. The van der Waals surface area contributed by atoms with Gasteiger partial charge in [0.1, 0.15) is 49.3 Å². The highest BCUT2D eigenvalue weighted by atomic mass is 32.1. The first-order valence-electron chi connectivity index (χ1n) is 19.9. The number of hydrogen-bond donors (Lipinski definition) is 2. The van der Waals surface area contributed by atoms with Gasteiger partial charge >= 0.3 is 6.09 Å². The highest BCUT2D eigenvalue weighted by molar-refractivity contribution is 7.15. The molecule has 6 heterocycles. The molecule has 62 heavy (non-hydrogen) atoms. The number of pyridine rings is 2. The molecule has 2 saturated carbocycles. The van der Waals surface area contributed by atoms with E-state index in [4.69, 9.17) is 17.0 Å². The molecule has 3 N–H and O–H groups in total. The number of nitrogens with zero attached hydrogens (tertiary/aromatic N) is 10. The Morgan fingerprint density at radius 1 is 0.823 bits per heavy atom. The number of primary amides is 1. The Balaban J connectivity index is 0.000000190. The van der Waals surface area contributed by atoms with E-state index in [0.717, 1.165) is 35.4 Å². The second-order valence-corrected chi connectivity index (χ2v) is 18.4. The third-order valence-corrected chi connectivity index (χ3v) is 12.6. The highest BCUT2D eigenvalue weighted by Crippen LogP contribution is 2.46. The van der Waals surface area contributed by atoms with Gasteiger partial charge in [-0.05, 0) is 95.0 Å². The monoisotopic (exact) mass is 878 g/mol. The Morgan fingerprint density at radius 3 is 1.90 bits per heavy atom. The molecule has 2 amide bonds. The molecule has 6 aromatic heterocycles. The predicted octanol–water partition coefficient (Wildman–Crippen LogP) is 8.11. The summed E-state index contributed by atoms with van der Waals surface area (Å²) >= 11 is 2.74. The van der Waals surface area contributed by atoms with Crippen LogP contribution >= 0.6 is 22.7 Å². The molecule has 6 aromatic rings. The summed E-state index contributed by atoms with van der Waals surface area (Å²) < 4.78 is 34.5. The van der Waals surface area contributed by atoms with E-state index in [-0.39, 0.29) is 36.6 Å². The van der Waals surface area contributed by atoms with E-state index < -0.39 is 23.0 Å². The molecule has 0 bridgehead atoms. The zero-order valence-corrected chi connectivity index (χ0v) is 36.0. The van der Waals surface area contributed by atoms with Crippen LogP contribution in [0.15, 0.2) is 73.3 Å². The first kappa shape index (κ1) is 43.7. The fourth-order valence-electron chi connectivity index (χ4n) is 7.22. The topological polar surface area (TPSA) is 192 Å². The van der Waals surface area contributed by atoms with Crippen molar-refractivity contribution in [2.45, 2.75) is 88.7 Å². The molecule has 0 aromatic carbocycles. The van der Waals surface area contributed by atoms with Gasteiger partial charge in [-0.15, -0.1) is 43.1 Å². The summed E-state index contributed by atoms with van der Waals surface area (Å²) in [6.45, 7) is 13.4. The smallest absolute Gasteiger partial charge is 0.416 e. The molecule has 15 nitrogen and oxygen atoms in total. The van der Waals surface area contributed by atoms with Crippen molar-refractivity contribution >= 4 is 46.3 Å². The lowest BCUT2D eigenvalue weighted by Crippen LogP contribution is -2.50. The van der Waals surface area contributed by atoms with Crippen LogP contribution in [-0.2, 0) is 33.3 Å². The number of carbonyl (C=O) groups is 2. The zero-order chi connectivity index (χ0) is 43.9. The maximum Gasteiger partial charge on any atom is 0.416 e. The van der Waals surface area contributed by atoms with E-state index in [9.17, 15) is 18.4 Å². The lowest BCUT2D eigenvalue weighted by Gasteiger charge is -2.44. The van der Waals surface area contributed by atoms with Crippen LogP contribution < -0.4 is 16.0 Å². The van der Waals surface area contributed by atoms with Crippen LogP contribution in [0.2, 0.25) is 0 Å². The first-order chi connectivity index (χ1) is 29.8. The van der Waals surface area contributed by atoms with Crippen molar-refractivity contribution in [3.05, 3.63) is 118 Å². The van der Waals surface area contributed by atoms with Crippen LogP contribution in [0.4, 0.5) is 25.2 Å². The number of rotatable bonds is 13. The number of carbonyl (C=O) groups excluding carboxylic acids is 2. The molecule has 0 radical (unpaired) electrons. The third kappa shape index (κ3) is 10.2. The van der Waals surface area contributed by atoms with Crippen molar-refractivity contribution in [3.63, 3.8) is 0 Å². The maximum atomic E-state index is 14.7. The Morgan fingerprint density at radius 2 is 1.40 bits per heavy atom. The van der Waals surface area contributed by atoms with Crippen LogP contribution in [0.3, 0.4) is 0 Å². The molecule has 0 spiro atoms. The van der Waals surface area contributed by atoms with Gasteiger partial charge in [0.2, 0.25) is 12.5 Å². The Bertz CT molecular complexity index is 2550. The van der Waals surface area contributed by atoms with Gasteiger partial charge in [0.05, 0.1) is 17.8 Å². The molecule has 320 valence electrons. The number of halogens is 2. The molecule has 2 aliphatic carbocycles. The first-order valence-corrected chi connectivity index (χ1v) is 21.6. The van der Waals surface area contributed by atoms with Gasteiger partial charge in [-0.3, -0.25) is 19.7 Å². The molecule has 2 aliphatic rings. The average Bonchev–Trinajstić information content (AvgIpc) is 3.88. The molecule has 19 heteroatoms. The zero-order valence-electron chi connectivity index (χ0n) is 34.3. The second-order valence-electron chi connectivity index (χ2n) is 16.2. The molecule has 2 fully saturated rings. The lowest BCUT2D eigenvalue weighted by molar-refractivity contribution is -0.117. The van der Waals surface area contributed by atoms with E-state index >= 15 is 0 Å². The van der Waals surface area contributed by atoms with Gasteiger partial charge in [0, 0.05) is 53.6 Å². The fourth-order valence-corrected chi connectivity index (χ4v) is 8.91. The number of nitrogens with two attached hydrogens (primary N) is 1. The highest BCUT2D eigenvalue weighted by Gasteiger charge is 2.46. The van der Waals surface area contributed by atoms with Crippen LogP contribution in [0.1, 0.15) is 80.4 Å².